The van der Waals surface area contributed by atoms with Crippen LogP contribution in [0, 0.1) is 6.92 Å². The van der Waals surface area contributed by atoms with Gasteiger partial charge in [-0.2, -0.15) is 0 Å². The molecule has 0 atom stereocenters. The van der Waals surface area contributed by atoms with Crippen molar-refractivity contribution < 1.29 is 23.9 Å². The van der Waals surface area contributed by atoms with Crippen LogP contribution in [0.25, 0.3) is 11.4 Å². The Balaban J connectivity index is 1.77. The minimum absolute atomic E-state index is 0.0302. The number of ether oxygens (including phenoxy) is 2. The summed E-state index contributed by atoms with van der Waals surface area (Å²) in [5.74, 6) is -0.802. The summed E-state index contributed by atoms with van der Waals surface area (Å²) in [6.45, 7) is 7.96. The molecule has 0 aliphatic rings. The molecule has 0 aromatic carbocycles. The highest BCUT2D eigenvalue weighted by atomic mass is 32.2. The van der Waals surface area contributed by atoms with Gasteiger partial charge in [0.15, 0.2) is 11.0 Å². The quantitative estimate of drug-likeness (QED) is 0.325. The van der Waals surface area contributed by atoms with Crippen molar-refractivity contribution in [1.82, 2.24) is 19.7 Å². The Hall–Kier alpha value is -3.25. The molecule has 3 heterocycles. The predicted octanol–water partition coefficient (Wildman–Crippen LogP) is 3.81. The number of thioether (sulfide) groups is 1. The third kappa shape index (κ3) is 5.62. The van der Waals surface area contributed by atoms with Crippen molar-refractivity contribution in [3.8, 4) is 11.4 Å². The second kappa shape index (κ2) is 11.7. The maximum atomic E-state index is 12.8. The second-order valence-corrected chi connectivity index (χ2v) is 8.79. The first-order chi connectivity index (χ1) is 16.4. The third-order valence-corrected chi connectivity index (χ3v) is 6.80. The van der Waals surface area contributed by atoms with Crippen molar-refractivity contribution in [1.29, 1.82) is 0 Å². The topological polar surface area (TPSA) is 125 Å². The molecule has 10 nitrogen and oxygen atoms in total. The standard InChI is InChI=1S/C22H25N5O5S2/c1-5-27-18(14-8-10-23-11-9-14)25-26-22(27)33-12-15(28)24-19-16(20(29)31-6-2)13(4)17(34-19)21(30)32-7-3/h8-11H,5-7,12H2,1-4H3,(H,24,28). The zero-order valence-corrected chi connectivity index (χ0v) is 20.9. The van der Waals surface area contributed by atoms with Crippen LogP contribution < -0.4 is 5.32 Å². The number of thiophene rings is 1. The number of nitrogens with one attached hydrogen (secondary N) is 1. The molecule has 12 heteroatoms. The van der Waals surface area contributed by atoms with E-state index in [1.54, 1.807) is 33.2 Å². The molecule has 1 N–H and O–H groups in total. The molecule has 0 saturated heterocycles. The Morgan fingerprint density at radius 3 is 2.38 bits per heavy atom. The van der Waals surface area contributed by atoms with Crippen LogP contribution >= 0.6 is 23.1 Å². The number of carbonyl (C=O) groups excluding carboxylic acids is 3. The van der Waals surface area contributed by atoms with E-state index in [0.29, 0.717) is 23.1 Å². The summed E-state index contributed by atoms with van der Waals surface area (Å²) < 4.78 is 12.1. The zero-order chi connectivity index (χ0) is 24.7. The molecule has 0 bridgehead atoms. The van der Waals surface area contributed by atoms with Crippen molar-refractivity contribution in [3.05, 3.63) is 40.5 Å². The van der Waals surface area contributed by atoms with Gasteiger partial charge in [0.2, 0.25) is 5.91 Å². The molecule has 0 spiro atoms. The Bertz CT molecular complexity index is 1180. The van der Waals surface area contributed by atoms with E-state index in [1.165, 1.54) is 11.8 Å². The molecule has 0 aliphatic heterocycles. The van der Waals surface area contributed by atoms with Crippen LogP contribution in [-0.2, 0) is 20.8 Å². The lowest BCUT2D eigenvalue weighted by molar-refractivity contribution is -0.113. The van der Waals surface area contributed by atoms with Crippen molar-refractivity contribution in [3.63, 3.8) is 0 Å². The fourth-order valence-corrected chi connectivity index (χ4v) is 5.04. The number of nitrogens with zero attached hydrogens (tertiary/aromatic N) is 4. The molecule has 0 saturated carbocycles. The van der Waals surface area contributed by atoms with Crippen LogP contribution in [0.1, 0.15) is 46.4 Å². The molecular weight excluding hydrogens is 478 g/mol. The molecule has 1 amide bonds. The van der Waals surface area contributed by atoms with Crippen molar-refractivity contribution in [2.75, 3.05) is 24.3 Å². The van der Waals surface area contributed by atoms with Gasteiger partial charge in [-0.3, -0.25) is 9.78 Å². The summed E-state index contributed by atoms with van der Waals surface area (Å²) >= 11 is 2.21. The van der Waals surface area contributed by atoms with Crippen molar-refractivity contribution >= 4 is 45.9 Å². The van der Waals surface area contributed by atoms with Crippen LogP contribution in [0.15, 0.2) is 29.7 Å². The third-order valence-electron chi connectivity index (χ3n) is 4.64. The lowest BCUT2D eigenvalue weighted by atomic mass is 10.1. The molecule has 3 aromatic rings. The normalized spacial score (nSPS) is 10.7. The van der Waals surface area contributed by atoms with Gasteiger partial charge < -0.3 is 19.4 Å². The Morgan fingerprint density at radius 1 is 1.06 bits per heavy atom. The van der Waals surface area contributed by atoms with E-state index in [-0.39, 0.29) is 40.3 Å². The van der Waals surface area contributed by atoms with Gasteiger partial charge in [0.1, 0.15) is 9.88 Å². The van der Waals surface area contributed by atoms with Crippen molar-refractivity contribution in [2.24, 2.45) is 0 Å². The number of hydrogen-bond donors (Lipinski definition) is 1. The average Bonchev–Trinajstić information content (AvgIpc) is 3.39. The van der Waals surface area contributed by atoms with Gasteiger partial charge in [0.05, 0.1) is 24.5 Å². The number of amides is 1. The first kappa shape index (κ1) is 25.4. The summed E-state index contributed by atoms with van der Waals surface area (Å²) in [4.78, 5) is 41.8. The highest BCUT2D eigenvalue weighted by Gasteiger charge is 2.27. The fourth-order valence-electron chi connectivity index (χ4n) is 3.13. The molecule has 34 heavy (non-hydrogen) atoms. The largest absolute Gasteiger partial charge is 0.462 e. The van der Waals surface area contributed by atoms with Crippen LogP contribution in [0.3, 0.4) is 0 Å². The molecule has 0 radical (unpaired) electrons. The van der Waals surface area contributed by atoms with E-state index in [2.05, 4.69) is 20.5 Å². The van der Waals surface area contributed by atoms with Crippen LogP contribution in [0.2, 0.25) is 0 Å². The highest BCUT2D eigenvalue weighted by Crippen LogP contribution is 2.34. The maximum absolute atomic E-state index is 12.8. The number of aromatic nitrogens is 4. The van der Waals surface area contributed by atoms with Gasteiger partial charge in [-0.15, -0.1) is 21.5 Å². The van der Waals surface area contributed by atoms with E-state index >= 15 is 0 Å². The van der Waals surface area contributed by atoms with Gasteiger partial charge in [-0.05, 0) is 45.4 Å². The van der Waals surface area contributed by atoms with Gasteiger partial charge in [0, 0.05) is 24.5 Å². The maximum Gasteiger partial charge on any atom is 0.348 e. The zero-order valence-electron chi connectivity index (χ0n) is 19.3. The van der Waals surface area contributed by atoms with Crippen LogP contribution in [0.5, 0.6) is 0 Å². The van der Waals surface area contributed by atoms with Gasteiger partial charge in [-0.1, -0.05) is 11.8 Å². The van der Waals surface area contributed by atoms with E-state index in [9.17, 15) is 14.4 Å². The Labute approximate surface area is 205 Å². The smallest absolute Gasteiger partial charge is 0.348 e. The molecule has 3 rings (SSSR count). The lowest BCUT2D eigenvalue weighted by Gasteiger charge is -2.08. The van der Waals surface area contributed by atoms with E-state index in [4.69, 9.17) is 9.47 Å². The molecular formula is C22H25N5O5S2. The summed E-state index contributed by atoms with van der Waals surface area (Å²) in [6.07, 6.45) is 3.36. The summed E-state index contributed by atoms with van der Waals surface area (Å²) in [5, 5.41) is 12.0. The van der Waals surface area contributed by atoms with E-state index < -0.39 is 11.9 Å². The van der Waals surface area contributed by atoms with Crippen LogP contribution in [-0.4, -0.2) is 56.6 Å². The molecule has 180 valence electrons. The minimum atomic E-state index is -0.609. The van der Waals surface area contributed by atoms with Gasteiger partial charge in [-0.25, -0.2) is 9.59 Å². The van der Waals surface area contributed by atoms with Crippen molar-refractivity contribution in [2.45, 2.75) is 39.4 Å². The number of pyridine rings is 1. The van der Waals surface area contributed by atoms with Crippen LogP contribution in [0.4, 0.5) is 5.00 Å². The lowest BCUT2D eigenvalue weighted by Crippen LogP contribution is -2.17. The number of esters is 2. The molecule has 0 fully saturated rings. The Morgan fingerprint density at radius 2 is 1.74 bits per heavy atom. The van der Waals surface area contributed by atoms with E-state index in [0.717, 1.165) is 16.9 Å². The van der Waals surface area contributed by atoms with E-state index in [1.807, 2.05) is 23.6 Å². The number of carbonyl (C=O) groups is 3. The highest BCUT2D eigenvalue weighted by molar-refractivity contribution is 7.99. The SMILES string of the molecule is CCOC(=O)c1sc(NC(=O)CSc2nnc(-c3ccncc3)n2CC)c(C(=O)OCC)c1C. The molecule has 0 aliphatic carbocycles. The first-order valence-corrected chi connectivity index (χ1v) is 12.4. The number of rotatable bonds is 10. The minimum Gasteiger partial charge on any atom is -0.462 e. The summed E-state index contributed by atoms with van der Waals surface area (Å²) in [7, 11) is 0. The van der Waals surface area contributed by atoms with Gasteiger partial charge >= 0.3 is 11.9 Å². The monoisotopic (exact) mass is 503 g/mol. The summed E-state index contributed by atoms with van der Waals surface area (Å²) in [6, 6.07) is 3.68. The Kier molecular flexibility index (Phi) is 8.77. The predicted molar refractivity (Wildman–Crippen MR) is 129 cm³/mol. The first-order valence-electron chi connectivity index (χ1n) is 10.6. The number of hydrogen-bond acceptors (Lipinski definition) is 10. The molecule has 3 aromatic heterocycles. The average molecular weight is 504 g/mol. The molecule has 0 unspecified atom stereocenters. The summed E-state index contributed by atoms with van der Waals surface area (Å²) in [5.41, 5.74) is 1.45. The fraction of sp³-hybridized carbons (Fsp3) is 0.364. The second-order valence-electron chi connectivity index (χ2n) is 6.82. The number of anilines is 1. The van der Waals surface area contributed by atoms with Gasteiger partial charge in [0.25, 0.3) is 0 Å².